The number of thiazole rings is 1. The second kappa shape index (κ2) is 9.28. The number of benzene rings is 1. The van der Waals surface area contributed by atoms with Crippen molar-refractivity contribution >= 4 is 17.3 Å². The van der Waals surface area contributed by atoms with Gasteiger partial charge in [-0.3, -0.25) is 4.98 Å². The molecule has 0 saturated carbocycles. The summed E-state index contributed by atoms with van der Waals surface area (Å²) in [7, 11) is 0. The van der Waals surface area contributed by atoms with Crippen molar-refractivity contribution in [2.24, 2.45) is 4.99 Å². The van der Waals surface area contributed by atoms with E-state index in [1.54, 1.807) is 11.3 Å². The fraction of sp³-hybridized carbons (Fsp3) is 0.286. The minimum absolute atomic E-state index is 0.608. The van der Waals surface area contributed by atoms with Gasteiger partial charge in [-0.05, 0) is 44.5 Å². The van der Waals surface area contributed by atoms with E-state index in [-0.39, 0.29) is 0 Å². The predicted molar refractivity (Wildman–Crippen MR) is 113 cm³/mol. The molecule has 6 heteroatoms. The van der Waals surface area contributed by atoms with E-state index in [0.717, 1.165) is 46.6 Å². The van der Waals surface area contributed by atoms with Crippen molar-refractivity contribution in [3.63, 3.8) is 0 Å². The molecule has 0 fully saturated rings. The first kappa shape index (κ1) is 19.0. The van der Waals surface area contributed by atoms with Crippen molar-refractivity contribution in [2.45, 2.75) is 33.9 Å². The van der Waals surface area contributed by atoms with E-state index in [4.69, 9.17) is 4.99 Å². The van der Waals surface area contributed by atoms with Gasteiger partial charge >= 0.3 is 0 Å². The Morgan fingerprint density at radius 2 is 2.00 bits per heavy atom. The van der Waals surface area contributed by atoms with E-state index < -0.39 is 0 Å². The van der Waals surface area contributed by atoms with Crippen LogP contribution < -0.4 is 10.6 Å². The summed E-state index contributed by atoms with van der Waals surface area (Å²) in [6.07, 6.45) is 1.82. The van der Waals surface area contributed by atoms with Crippen LogP contribution in [0.1, 0.15) is 28.1 Å². The van der Waals surface area contributed by atoms with E-state index in [0.29, 0.717) is 6.54 Å². The maximum absolute atomic E-state index is 4.73. The highest BCUT2D eigenvalue weighted by Crippen LogP contribution is 2.18. The standard InChI is InChI=1S/C21H25N5S/c1-4-22-21(25-14-20-15(2)26-16(3)27-20)24-13-17-8-7-9-18(12-17)19-10-5-6-11-23-19/h5-12H,4,13-14H2,1-3H3,(H2,22,24,25). The van der Waals surface area contributed by atoms with Gasteiger partial charge in [-0.1, -0.05) is 24.3 Å². The highest BCUT2D eigenvalue weighted by Gasteiger charge is 2.06. The van der Waals surface area contributed by atoms with Gasteiger partial charge in [-0.25, -0.2) is 9.98 Å². The lowest BCUT2D eigenvalue weighted by Crippen LogP contribution is -2.36. The summed E-state index contributed by atoms with van der Waals surface area (Å²) >= 11 is 1.73. The second-order valence-electron chi connectivity index (χ2n) is 6.21. The molecule has 0 atom stereocenters. The summed E-state index contributed by atoms with van der Waals surface area (Å²) in [5, 5.41) is 7.81. The topological polar surface area (TPSA) is 62.2 Å². The van der Waals surface area contributed by atoms with Crippen molar-refractivity contribution in [3.05, 3.63) is 69.8 Å². The number of aryl methyl sites for hydroxylation is 2. The molecule has 0 spiro atoms. The summed E-state index contributed by atoms with van der Waals surface area (Å²) in [4.78, 5) is 14.9. The highest BCUT2D eigenvalue weighted by atomic mass is 32.1. The molecule has 0 aliphatic carbocycles. The first-order valence-corrected chi connectivity index (χ1v) is 9.92. The van der Waals surface area contributed by atoms with Crippen molar-refractivity contribution in [2.75, 3.05) is 6.54 Å². The molecule has 27 heavy (non-hydrogen) atoms. The Hall–Kier alpha value is -2.73. The molecule has 0 saturated heterocycles. The Morgan fingerprint density at radius 1 is 1.11 bits per heavy atom. The smallest absolute Gasteiger partial charge is 0.191 e. The molecule has 2 aromatic heterocycles. The van der Waals surface area contributed by atoms with Gasteiger partial charge in [-0.2, -0.15) is 0 Å². The molecule has 140 valence electrons. The van der Waals surface area contributed by atoms with Gasteiger partial charge in [0, 0.05) is 23.2 Å². The molecule has 3 aromatic rings. The third-order valence-electron chi connectivity index (χ3n) is 4.07. The molecule has 0 aliphatic rings. The molecule has 0 aliphatic heterocycles. The van der Waals surface area contributed by atoms with Gasteiger partial charge in [0.05, 0.1) is 29.5 Å². The van der Waals surface area contributed by atoms with Crippen LogP contribution in [0.15, 0.2) is 53.7 Å². The molecular formula is C21H25N5S. The van der Waals surface area contributed by atoms with Crippen LogP contribution in [-0.2, 0) is 13.1 Å². The quantitative estimate of drug-likeness (QED) is 0.500. The minimum atomic E-state index is 0.608. The van der Waals surface area contributed by atoms with Crippen LogP contribution in [-0.4, -0.2) is 22.5 Å². The maximum atomic E-state index is 4.73. The van der Waals surface area contributed by atoms with Crippen molar-refractivity contribution in [1.82, 2.24) is 20.6 Å². The Morgan fingerprint density at radius 3 is 2.70 bits per heavy atom. The monoisotopic (exact) mass is 379 g/mol. The number of hydrogen-bond acceptors (Lipinski definition) is 4. The van der Waals surface area contributed by atoms with E-state index in [1.165, 1.54) is 4.88 Å². The Bertz CT molecular complexity index is 902. The third kappa shape index (κ3) is 5.37. The van der Waals surface area contributed by atoms with Crippen LogP contribution in [0.4, 0.5) is 0 Å². The zero-order valence-electron chi connectivity index (χ0n) is 16.0. The first-order valence-electron chi connectivity index (χ1n) is 9.11. The number of hydrogen-bond donors (Lipinski definition) is 2. The molecule has 0 bridgehead atoms. The number of aromatic nitrogens is 2. The van der Waals surface area contributed by atoms with E-state index in [2.05, 4.69) is 51.8 Å². The molecule has 2 heterocycles. The summed E-state index contributed by atoms with van der Waals surface area (Å²) in [5.41, 5.74) is 4.32. The van der Waals surface area contributed by atoms with Crippen LogP contribution >= 0.6 is 11.3 Å². The molecule has 0 radical (unpaired) electrons. The number of nitrogens with zero attached hydrogens (tertiary/aromatic N) is 3. The average Bonchev–Trinajstić information content (AvgIpc) is 3.02. The van der Waals surface area contributed by atoms with Crippen molar-refractivity contribution in [3.8, 4) is 11.3 Å². The van der Waals surface area contributed by atoms with Crippen molar-refractivity contribution < 1.29 is 0 Å². The van der Waals surface area contributed by atoms with Crippen LogP contribution in [0, 0.1) is 13.8 Å². The summed E-state index contributed by atoms with van der Waals surface area (Å²) in [5.74, 6) is 0.811. The summed E-state index contributed by atoms with van der Waals surface area (Å²) in [6.45, 7) is 8.32. The molecule has 5 nitrogen and oxygen atoms in total. The van der Waals surface area contributed by atoms with Gasteiger partial charge in [0.15, 0.2) is 5.96 Å². The van der Waals surface area contributed by atoms with Gasteiger partial charge in [-0.15, -0.1) is 11.3 Å². The Balaban J connectivity index is 1.68. The summed E-state index contributed by atoms with van der Waals surface area (Å²) < 4.78 is 0. The van der Waals surface area contributed by atoms with Gasteiger partial charge in [0.25, 0.3) is 0 Å². The van der Waals surface area contributed by atoms with Gasteiger partial charge in [0.2, 0.25) is 0 Å². The molecule has 0 amide bonds. The number of rotatable bonds is 6. The van der Waals surface area contributed by atoms with Crippen LogP contribution in [0.2, 0.25) is 0 Å². The molecule has 3 rings (SSSR count). The number of guanidine groups is 1. The Labute approximate surface area is 164 Å². The SMILES string of the molecule is CCNC(=NCc1cccc(-c2ccccn2)c1)NCc1sc(C)nc1C. The number of pyridine rings is 1. The fourth-order valence-corrected chi connectivity index (χ4v) is 3.65. The van der Waals surface area contributed by atoms with E-state index in [1.807, 2.05) is 38.2 Å². The van der Waals surface area contributed by atoms with Crippen molar-refractivity contribution in [1.29, 1.82) is 0 Å². The minimum Gasteiger partial charge on any atom is -0.357 e. The first-order chi connectivity index (χ1) is 13.2. The van der Waals surface area contributed by atoms with E-state index >= 15 is 0 Å². The zero-order valence-corrected chi connectivity index (χ0v) is 16.8. The van der Waals surface area contributed by atoms with Crippen LogP contribution in [0.25, 0.3) is 11.3 Å². The third-order valence-corrected chi connectivity index (χ3v) is 5.14. The highest BCUT2D eigenvalue weighted by molar-refractivity contribution is 7.11. The lowest BCUT2D eigenvalue weighted by Gasteiger charge is -2.11. The summed E-state index contributed by atoms with van der Waals surface area (Å²) in [6, 6.07) is 14.3. The molecular weight excluding hydrogens is 354 g/mol. The van der Waals surface area contributed by atoms with Crippen LogP contribution in [0.5, 0.6) is 0 Å². The lowest BCUT2D eigenvalue weighted by atomic mass is 10.1. The predicted octanol–water partition coefficient (Wildman–Crippen LogP) is 4.08. The average molecular weight is 380 g/mol. The number of nitrogens with one attached hydrogen (secondary N) is 2. The van der Waals surface area contributed by atoms with Gasteiger partial charge < -0.3 is 10.6 Å². The molecule has 1 aromatic carbocycles. The van der Waals surface area contributed by atoms with Crippen LogP contribution in [0.3, 0.4) is 0 Å². The van der Waals surface area contributed by atoms with E-state index in [9.17, 15) is 0 Å². The molecule has 0 unspecified atom stereocenters. The largest absolute Gasteiger partial charge is 0.357 e. The fourth-order valence-electron chi connectivity index (χ4n) is 2.78. The lowest BCUT2D eigenvalue weighted by molar-refractivity contribution is 0.819. The molecule has 2 N–H and O–H groups in total. The van der Waals surface area contributed by atoms with Gasteiger partial charge in [0.1, 0.15) is 0 Å². The zero-order chi connectivity index (χ0) is 19.1. The number of aliphatic imine (C=N–C) groups is 1. The normalized spacial score (nSPS) is 11.4. The second-order valence-corrected chi connectivity index (χ2v) is 7.49. The maximum Gasteiger partial charge on any atom is 0.191 e. The Kier molecular flexibility index (Phi) is 6.54.